The van der Waals surface area contributed by atoms with Crippen LogP contribution in [0.4, 0.5) is 10.1 Å². The van der Waals surface area contributed by atoms with Crippen LogP contribution >= 0.6 is 12.2 Å². The Morgan fingerprint density at radius 3 is 2.88 bits per heavy atom. The summed E-state index contributed by atoms with van der Waals surface area (Å²) in [6.07, 6.45) is 0. The van der Waals surface area contributed by atoms with Crippen molar-refractivity contribution in [2.75, 3.05) is 23.4 Å². The number of hydrogen-bond acceptors (Lipinski definition) is 3. The first-order valence-electron chi connectivity index (χ1n) is 5.22. The van der Waals surface area contributed by atoms with Crippen molar-refractivity contribution in [3.63, 3.8) is 0 Å². The van der Waals surface area contributed by atoms with Crippen molar-refractivity contribution in [1.82, 2.24) is 0 Å². The van der Waals surface area contributed by atoms with Gasteiger partial charge in [-0.3, -0.25) is 4.21 Å². The molecule has 94 valence electrons. The largest absolute Gasteiger partial charge is 0.389 e. The van der Waals surface area contributed by atoms with Crippen molar-refractivity contribution in [3.05, 3.63) is 29.6 Å². The average Bonchev–Trinajstić information content (AvgIpc) is 2.30. The molecule has 0 saturated heterocycles. The summed E-state index contributed by atoms with van der Waals surface area (Å²) in [6, 6.07) is 4.21. The van der Waals surface area contributed by atoms with Crippen molar-refractivity contribution < 1.29 is 8.60 Å². The number of benzene rings is 1. The quantitative estimate of drug-likeness (QED) is 0.774. The molecule has 0 spiro atoms. The van der Waals surface area contributed by atoms with Gasteiger partial charge in [0.05, 0.1) is 0 Å². The van der Waals surface area contributed by atoms with E-state index >= 15 is 0 Å². The molecule has 1 unspecified atom stereocenters. The first kappa shape index (κ1) is 14.1. The number of hydrogen-bond donors (Lipinski definition) is 2. The Morgan fingerprint density at radius 2 is 2.29 bits per heavy atom. The van der Waals surface area contributed by atoms with Crippen LogP contribution in [-0.2, 0) is 10.8 Å². The lowest BCUT2D eigenvalue weighted by Crippen LogP contribution is -2.17. The number of rotatable bonds is 6. The fourth-order valence-electron chi connectivity index (χ4n) is 1.32. The Kier molecular flexibility index (Phi) is 5.50. The van der Waals surface area contributed by atoms with Crippen molar-refractivity contribution in [1.29, 1.82) is 0 Å². The summed E-state index contributed by atoms with van der Waals surface area (Å²) < 4.78 is 24.3. The summed E-state index contributed by atoms with van der Waals surface area (Å²) >= 11 is 4.85. The van der Waals surface area contributed by atoms with Crippen LogP contribution in [0.25, 0.3) is 0 Å². The van der Waals surface area contributed by atoms with E-state index in [0.29, 0.717) is 29.3 Å². The summed E-state index contributed by atoms with van der Waals surface area (Å²) in [6.45, 7) is 2.41. The molecule has 6 heteroatoms. The molecule has 0 saturated carbocycles. The zero-order valence-electron chi connectivity index (χ0n) is 9.53. The molecule has 0 bridgehead atoms. The molecule has 0 aliphatic carbocycles. The summed E-state index contributed by atoms with van der Waals surface area (Å²) in [4.78, 5) is 0.142. The van der Waals surface area contributed by atoms with E-state index in [1.54, 1.807) is 6.07 Å². The van der Waals surface area contributed by atoms with Crippen LogP contribution in [0.1, 0.15) is 12.5 Å². The van der Waals surface area contributed by atoms with Gasteiger partial charge in [-0.1, -0.05) is 19.1 Å². The molecule has 1 atom stereocenters. The molecule has 1 aromatic rings. The van der Waals surface area contributed by atoms with Gasteiger partial charge in [0.1, 0.15) is 10.8 Å². The molecule has 1 aromatic carbocycles. The maximum atomic E-state index is 13.0. The highest BCUT2D eigenvalue weighted by molar-refractivity contribution is 7.84. The first-order chi connectivity index (χ1) is 8.04. The van der Waals surface area contributed by atoms with Crippen molar-refractivity contribution in [2.45, 2.75) is 6.92 Å². The fraction of sp³-hybridized carbons (Fsp3) is 0.364. The third-order valence-corrected chi connectivity index (χ3v) is 3.74. The van der Waals surface area contributed by atoms with Gasteiger partial charge in [0.2, 0.25) is 0 Å². The van der Waals surface area contributed by atoms with Gasteiger partial charge in [-0.25, -0.2) is 4.39 Å². The topological polar surface area (TPSA) is 55.1 Å². The molecule has 17 heavy (non-hydrogen) atoms. The van der Waals surface area contributed by atoms with Crippen molar-refractivity contribution in [3.8, 4) is 0 Å². The Bertz CT molecular complexity index is 437. The number of halogens is 1. The minimum Gasteiger partial charge on any atom is -0.389 e. The number of thiocarbonyl (C=S) groups is 1. The smallest absolute Gasteiger partial charge is 0.124 e. The molecule has 0 aromatic heterocycles. The van der Waals surface area contributed by atoms with Gasteiger partial charge in [-0.05, 0) is 18.2 Å². The van der Waals surface area contributed by atoms with E-state index in [4.69, 9.17) is 18.0 Å². The summed E-state index contributed by atoms with van der Waals surface area (Å²) in [5.74, 6) is 0.799. The number of nitrogens with two attached hydrogens (primary N) is 1. The minimum absolute atomic E-state index is 0.142. The van der Waals surface area contributed by atoms with Crippen LogP contribution in [0.5, 0.6) is 0 Å². The predicted octanol–water partition coefficient (Wildman–Crippen LogP) is 1.64. The SMILES string of the molecule is CCS(=O)CCNc1ccc(F)cc1C(N)=S. The second-order valence-electron chi connectivity index (χ2n) is 3.41. The highest BCUT2D eigenvalue weighted by atomic mass is 32.2. The molecule has 1 rings (SSSR count). The highest BCUT2D eigenvalue weighted by Gasteiger charge is 2.06. The number of nitrogens with one attached hydrogen (secondary N) is 1. The van der Waals surface area contributed by atoms with Crippen LogP contribution in [0.3, 0.4) is 0 Å². The maximum Gasteiger partial charge on any atom is 0.124 e. The van der Waals surface area contributed by atoms with E-state index in [1.807, 2.05) is 6.92 Å². The molecule has 3 nitrogen and oxygen atoms in total. The van der Waals surface area contributed by atoms with Crippen molar-refractivity contribution in [2.24, 2.45) is 5.73 Å². The summed E-state index contributed by atoms with van der Waals surface area (Å²) in [7, 11) is -0.823. The van der Waals surface area contributed by atoms with Gasteiger partial charge >= 0.3 is 0 Å². The molecule has 0 amide bonds. The lowest BCUT2D eigenvalue weighted by molar-refractivity contribution is 0.627. The van der Waals surface area contributed by atoms with E-state index in [2.05, 4.69) is 5.32 Å². The van der Waals surface area contributed by atoms with Gasteiger partial charge in [-0.15, -0.1) is 0 Å². The third-order valence-electron chi connectivity index (χ3n) is 2.21. The van der Waals surface area contributed by atoms with E-state index < -0.39 is 10.8 Å². The number of anilines is 1. The highest BCUT2D eigenvalue weighted by Crippen LogP contribution is 2.16. The Balaban J connectivity index is 2.70. The van der Waals surface area contributed by atoms with E-state index in [9.17, 15) is 8.60 Å². The molecule has 0 aliphatic rings. The second kappa shape index (κ2) is 6.66. The lowest BCUT2D eigenvalue weighted by Gasteiger charge is -2.10. The van der Waals surface area contributed by atoms with Crippen LogP contribution in [0.2, 0.25) is 0 Å². The van der Waals surface area contributed by atoms with Gasteiger partial charge in [0, 0.05) is 40.1 Å². The average molecular weight is 274 g/mol. The molecule has 0 heterocycles. The molecule has 3 N–H and O–H groups in total. The maximum absolute atomic E-state index is 13.0. The van der Waals surface area contributed by atoms with Crippen LogP contribution in [0.15, 0.2) is 18.2 Å². The van der Waals surface area contributed by atoms with Crippen LogP contribution < -0.4 is 11.1 Å². The summed E-state index contributed by atoms with van der Waals surface area (Å²) in [5, 5.41) is 3.06. The molecule has 0 radical (unpaired) electrons. The molecule has 0 aliphatic heterocycles. The van der Waals surface area contributed by atoms with Gasteiger partial charge in [0.25, 0.3) is 0 Å². The zero-order chi connectivity index (χ0) is 12.8. The molecular weight excluding hydrogens is 259 g/mol. The van der Waals surface area contributed by atoms with Crippen molar-refractivity contribution >= 4 is 33.7 Å². The van der Waals surface area contributed by atoms with Gasteiger partial charge < -0.3 is 11.1 Å². The second-order valence-corrected chi connectivity index (χ2v) is 5.72. The van der Waals surface area contributed by atoms with Gasteiger partial charge in [0.15, 0.2) is 0 Å². The zero-order valence-corrected chi connectivity index (χ0v) is 11.2. The lowest BCUT2D eigenvalue weighted by atomic mass is 10.1. The fourth-order valence-corrected chi connectivity index (χ4v) is 2.11. The summed E-state index contributed by atoms with van der Waals surface area (Å²) in [5.41, 5.74) is 6.65. The minimum atomic E-state index is -0.823. The normalized spacial score (nSPS) is 12.1. The Labute approximate surface area is 108 Å². The van der Waals surface area contributed by atoms with E-state index in [-0.39, 0.29) is 10.8 Å². The standard InChI is InChI=1S/C11H15FN2OS2/c1-2-17(15)6-5-14-10-4-3-8(12)7-9(10)11(13)16/h3-4,7,14H,2,5-6H2,1H3,(H2,13,16). The van der Waals surface area contributed by atoms with Crippen LogP contribution in [0, 0.1) is 5.82 Å². The molecule has 0 fully saturated rings. The monoisotopic (exact) mass is 274 g/mol. The Hall–Kier alpha value is -1.01. The van der Waals surface area contributed by atoms with Gasteiger partial charge in [-0.2, -0.15) is 0 Å². The van der Waals surface area contributed by atoms with E-state index in [0.717, 1.165) is 0 Å². The predicted molar refractivity (Wildman–Crippen MR) is 74.3 cm³/mol. The van der Waals surface area contributed by atoms with E-state index in [1.165, 1.54) is 12.1 Å². The van der Waals surface area contributed by atoms with Crippen LogP contribution in [-0.4, -0.2) is 27.2 Å². The molecular formula is C11H15FN2OS2. The first-order valence-corrected chi connectivity index (χ1v) is 7.12. The Morgan fingerprint density at radius 1 is 1.59 bits per heavy atom. The third kappa shape index (κ3) is 4.40.